The highest BCUT2D eigenvalue weighted by atomic mass is 16.5. The molecule has 9 nitrogen and oxygen atoms in total. The van der Waals surface area contributed by atoms with Crippen LogP contribution in [0.5, 0.6) is 5.75 Å². The first-order chi connectivity index (χ1) is 20.5. The topological polar surface area (TPSA) is 95.1 Å². The second-order valence-corrected chi connectivity index (χ2v) is 11.5. The lowest BCUT2D eigenvalue weighted by atomic mass is 9.90. The van der Waals surface area contributed by atoms with E-state index in [1.54, 1.807) is 35.6 Å². The number of benzene rings is 2. The summed E-state index contributed by atoms with van der Waals surface area (Å²) >= 11 is 0. The fraction of sp³-hybridized carbons (Fsp3) is 0.412. The molecule has 0 radical (unpaired) electrons. The van der Waals surface area contributed by atoms with Crippen LogP contribution in [0.1, 0.15) is 54.4 Å². The highest BCUT2D eigenvalue weighted by Gasteiger charge is 2.45. The van der Waals surface area contributed by atoms with Crippen LogP contribution in [0, 0.1) is 12.3 Å². The van der Waals surface area contributed by atoms with Gasteiger partial charge in [-0.2, -0.15) is 0 Å². The third-order valence-electron chi connectivity index (χ3n) is 7.94. The smallest absolute Gasteiger partial charge is 0.253 e. The van der Waals surface area contributed by atoms with Gasteiger partial charge in [-0.15, -0.1) is 0 Å². The van der Waals surface area contributed by atoms with E-state index >= 15 is 0 Å². The first-order valence-corrected chi connectivity index (χ1v) is 14.9. The zero-order valence-electron chi connectivity index (χ0n) is 26.1. The summed E-state index contributed by atoms with van der Waals surface area (Å²) in [6, 6.07) is 17.3. The number of aryl methyl sites for hydroxylation is 2. The summed E-state index contributed by atoms with van der Waals surface area (Å²) in [5.74, 6) is 0.236. The number of nitrogens with zero attached hydrogens (tertiary/aromatic N) is 4. The number of carbonyl (C=O) groups is 3. The van der Waals surface area contributed by atoms with Crippen molar-refractivity contribution >= 4 is 29.1 Å². The van der Waals surface area contributed by atoms with E-state index < -0.39 is 5.41 Å². The second kappa shape index (κ2) is 13.8. The Morgan fingerprint density at radius 3 is 2.56 bits per heavy atom. The minimum Gasteiger partial charge on any atom is -0.494 e. The van der Waals surface area contributed by atoms with Crippen molar-refractivity contribution in [1.29, 1.82) is 0 Å². The summed E-state index contributed by atoms with van der Waals surface area (Å²) in [4.78, 5) is 48.3. The number of fused-ring (bicyclic) bond motifs is 1. The molecule has 0 saturated carbocycles. The molecule has 9 heteroatoms. The molecule has 1 N–H and O–H groups in total. The van der Waals surface area contributed by atoms with E-state index in [4.69, 9.17) is 4.74 Å². The van der Waals surface area contributed by atoms with Gasteiger partial charge in [0.25, 0.3) is 5.91 Å². The number of likely N-dealkylation sites (N-methyl/N-ethyl adjacent to an activating group) is 1. The van der Waals surface area contributed by atoms with E-state index in [9.17, 15) is 14.4 Å². The maximum Gasteiger partial charge on any atom is 0.253 e. The number of anilines is 2. The summed E-state index contributed by atoms with van der Waals surface area (Å²) in [7, 11) is 3.53. The number of ether oxygens (including phenoxy) is 1. The van der Waals surface area contributed by atoms with Gasteiger partial charge in [-0.1, -0.05) is 18.2 Å². The van der Waals surface area contributed by atoms with Crippen LogP contribution in [0.4, 0.5) is 11.4 Å². The summed E-state index contributed by atoms with van der Waals surface area (Å²) in [6.07, 6.45) is 3.36. The quantitative estimate of drug-likeness (QED) is 0.246. The van der Waals surface area contributed by atoms with Gasteiger partial charge >= 0.3 is 0 Å². The van der Waals surface area contributed by atoms with Crippen LogP contribution in [0.2, 0.25) is 0 Å². The van der Waals surface area contributed by atoms with Crippen LogP contribution >= 0.6 is 0 Å². The SMILES string of the molecule is CCN1C(=O)C(C)(C)C(=O)N(C)c2cc(OCCCc3cc(CNCCN(C)C(=O)c4ccccc4C)ccn3)ccc21. The van der Waals surface area contributed by atoms with Gasteiger partial charge in [-0.05, 0) is 82.0 Å². The lowest BCUT2D eigenvalue weighted by molar-refractivity contribution is -0.137. The molecule has 0 bridgehead atoms. The molecule has 0 unspecified atom stereocenters. The average molecular weight is 586 g/mol. The van der Waals surface area contributed by atoms with Crippen molar-refractivity contribution in [1.82, 2.24) is 15.2 Å². The van der Waals surface area contributed by atoms with Crippen molar-refractivity contribution in [3.05, 3.63) is 83.2 Å². The molecule has 0 aliphatic carbocycles. The molecular formula is C34H43N5O4. The van der Waals surface area contributed by atoms with Crippen molar-refractivity contribution in [3.8, 4) is 5.75 Å². The minimum atomic E-state index is -1.14. The molecule has 1 aliphatic heterocycles. The molecule has 3 amide bonds. The van der Waals surface area contributed by atoms with E-state index in [2.05, 4.69) is 16.4 Å². The molecule has 1 aromatic heterocycles. The van der Waals surface area contributed by atoms with Crippen molar-refractivity contribution in [3.63, 3.8) is 0 Å². The Morgan fingerprint density at radius 2 is 1.81 bits per heavy atom. The van der Waals surface area contributed by atoms with E-state index in [-0.39, 0.29) is 17.7 Å². The Labute approximate surface area is 254 Å². The molecule has 0 spiro atoms. The number of hydrogen-bond acceptors (Lipinski definition) is 6. The first-order valence-electron chi connectivity index (χ1n) is 14.9. The maximum absolute atomic E-state index is 13.1. The zero-order chi connectivity index (χ0) is 31.1. The van der Waals surface area contributed by atoms with Gasteiger partial charge in [0.2, 0.25) is 11.8 Å². The Hall–Kier alpha value is -4.24. The van der Waals surface area contributed by atoms with Crippen LogP contribution in [0.15, 0.2) is 60.8 Å². The van der Waals surface area contributed by atoms with Crippen LogP contribution < -0.4 is 19.9 Å². The van der Waals surface area contributed by atoms with Gasteiger partial charge in [0, 0.05) is 63.8 Å². The van der Waals surface area contributed by atoms with Gasteiger partial charge < -0.3 is 24.8 Å². The standard InChI is InChI=1S/C34H43N5O4/c1-7-39-29-15-14-27(22-30(29)38(6)32(41)34(3,4)33(39)42)43-20-10-12-26-21-25(16-17-36-26)23-35-18-19-37(5)31(40)28-13-9-8-11-24(28)2/h8-9,11,13-17,21-22,35H,7,10,12,18-20,23H2,1-6H3. The number of amides is 3. The third kappa shape index (κ3) is 7.22. The highest BCUT2D eigenvalue weighted by Crippen LogP contribution is 2.40. The predicted molar refractivity (Wildman–Crippen MR) is 170 cm³/mol. The molecule has 228 valence electrons. The van der Waals surface area contributed by atoms with Crippen LogP contribution in [-0.4, -0.2) is 67.9 Å². The lowest BCUT2D eigenvalue weighted by Gasteiger charge is -2.27. The zero-order valence-corrected chi connectivity index (χ0v) is 26.1. The Kier molecular flexibility index (Phi) is 10.2. The van der Waals surface area contributed by atoms with Gasteiger partial charge in [0.15, 0.2) is 0 Å². The molecule has 43 heavy (non-hydrogen) atoms. The van der Waals surface area contributed by atoms with E-state index in [1.165, 1.54) is 0 Å². The Bertz CT molecular complexity index is 1470. The van der Waals surface area contributed by atoms with Gasteiger partial charge in [-0.3, -0.25) is 19.4 Å². The monoisotopic (exact) mass is 585 g/mol. The molecule has 2 aromatic carbocycles. The first kappa shape index (κ1) is 31.7. The molecular weight excluding hydrogens is 542 g/mol. The molecule has 4 rings (SSSR count). The molecule has 0 atom stereocenters. The van der Waals surface area contributed by atoms with Crippen LogP contribution in [0.3, 0.4) is 0 Å². The molecule has 3 aromatic rings. The Morgan fingerprint density at radius 1 is 1.05 bits per heavy atom. The molecule has 2 heterocycles. The molecule has 0 saturated heterocycles. The highest BCUT2D eigenvalue weighted by molar-refractivity contribution is 6.20. The molecule has 0 fully saturated rings. The Balaban J connectivity index is 1.25. The molecule has 1 aliphatic rings. The van der Waals surface area contributed by atoms with Gasteiger partial charge in [0.1, 0.15) is 11.2 Å². The average Bonchev–Trinajstić information content (AvgIpc) is 3.05. The van der Waals surface area contributed by atoms with Crippen molar-refractivity contribution in [2.45, 2.75) is 47.1 Å². The second-order valence-electron chi connectivity index (χ2n) is 11.5. The summed E-state index contributed by atoms with van der Waals surface area (Å²) < 4.78 is 6.04. The number of pyridine rings is 1. The summed E-state index contributed by atoms with van der Waals surface area (Å²) in [6.45, 7) is 10.2. The number of nitrogens with one attached hydrogen (secondary N) is 1. The third-order valence-corrected chi connectivity index (χ3v) is 7.94. The van der Waals surface area contributed by atoms with Crippen LogP contribution in [0.25, 0.3) is 0 Å². The predicted octanol–water partition coefficient (Wildman–Crippen LogP) is 4.62. The lowest BCUT2D eigenvalue weighted by Crippen LogP contribution is -2.47. The number of rotatable bonds is 12. The van der Waals surface area contributed by atoms with E-state index in [0.29, 0.717) is 49.9 Å². The summed E-state index contributed by atoms with van der Waals surface area (Å²) in [5, 5.41) is 3.42. The number of aromatic nitrogens is 1. The van der Waals surface area contributed by atoms with Crippen LogP contribution in [-0.2, 0) is 22.6 Å². The van der Waals surface area contributed by atoms with E-state index in [1.807, 2.05) is 75.6 Å². The fourth-order valence-corrected chi connectivity index (χ4v) is 5.29. The maximum atomic E-state index is 13.1. The largest absolute Gasteiger partial charge is 0.494 e. The van der Waals surface area contributed by atoms with E-state index in [0.717, 1.165) is 35.2 Å². The van der Waals surface area contributed by atoms with Crippen molar-refractivity contribution < 1.29 is 19.1 Å². The summed E-state index contributed by atoms with van der Waals surface area (Å²) in [5.41, 5.74) is 4.07. The van der Waals surface area contributed by atoms with Gasteiger partial charge in [-0.25, -0.2) is 0 Å². The van der Waals surface area contributed by atoms with Crippen molar-refractivity contribution in [2.24, 2.45) is 5.41 Å². The fourth-order valence-electron chi connectivity index (χ4n) is 5.29. The van der Waals surface area contributed by atoms with Crippen molar-refractivity contribution in [2.75, 3.05) is 50.1 Å². The number of carbonyl (C=O) groups excluding carboxylic acids is 3. The number of hydrogen-bond donors (Lipinski definition) is 1. The normalized spacial score (nSPS) is 14.4. The van der Waals surface area contributed by atoms with Gasteiger partial charge in [0.05, 0.1) is 18.0 Å². The minimum absolute atomic E-state index is 0.0293.